The quantitative estimate of drug-likeness (QED) is 0.677. The average molecular weight is 363 g/mol. The maximum absolute atomic E-state index is 6.20. The number of halogens is 2. The summed E-state index contributed by atoms with van der Waals surface area (Å²) in [4.78, 5) is 0. The van der Waals surface area contributed by atoms with Gasteiger partial charge >= 0.3 is 0 Å². The fourth-order valence-electron chi connectivity index (χ4n) is 2.09. The molecule has 0 bridgehead atoms. The molecule has 0 fully saturated rings. The molecule has 2 aromatic carbocycles. The Morgan fingerprint density at radius 3 is 2.86 bits per heavy atom. The Kier molecular flexibility index (Phi) is 4.27. The van der Waals surface area contributed by atoms with Gasteiger partial charge in [-0.1, -0.05) is 39.7 Å². The van der Waals surface area contributed by atoms with Gasteiger partial charge in [0.1, 0.15) is 0 Å². The van der Waals surface area contributed by atoms with Crippen LogP contribution in [-0.4, -0.2) is 10.2 Å². The van der Waals surface area contributed by atoms with Crippen molar-refractivity contribution in [1.29, 1.82) is 0 Å². The number of nitrogens with one attached hydrogen (secondary N) is 2. The number of aromatic nitrogens is 2. The number of rotatable bonds is 4. The van der Waals surface area contributed by atoms with Gasteiger partial charge in [-0.2, -0.15) is 5.10 Å². The van der Waals surface area contributed by atoms with Crippen LogP contribution in [0.5, 0.6) is 0 Å². The molecule has 0 aliphatic rings. The molecule has 0 amide bonds. The van der Waals surface area contributed by atoms with Crippen molar-refractivity contribution in [2.24, 2.45) is 0 Å². The molecule has 5 heteroatoms. The minimum atomic E-state index is 0.671. The van der Waals surface area contributed by atoms with E-state index < -0.39 is 0 Å². The minimum Gasteiger partial charge on any atom is -0.381 e. The number of benzene rings is 2. The van der Waals surface area contributed by atoms with Gasteiger partial charge in [0, 0.05) is 33.5 Å². The standard InChI is InChI=1S/C16H13BrClN3/c17-13-4-5-15(18)12(8-13)10-19-14-3-1-2-11(9-14)16-6-7-20-21-16/h1-9,19H,10H2,(H,20,21). The molecule has 0 saturated carbocycles. The first kappa shape index (κ1) is 14.2. The lowest BCUT2D eigenvalue weighted by atomic mass is 10.1. The number of H-pyrrole nitrogens is 1. The van der Waals surface area contributed by atoms with Gasteiger partial charge in [-0.25, -0.2) is 0 Å². The van der Waals surface area contributed by atoms with Crippen molar-refractivity contribution in [2.45, 2.75) is 6.54 Å². The van der Waals surface area contributed by atoms with Gasteiger partial charge in [0.25, 0.3) is 0 Å². The van der Waals surface area contributed by atoms with Crippen LogP contribution in [0.3, 0.4) is 0 Å². The van der Waals surface area contributed by atoms with E-state index in [1.807, 2.05) is 42.5 Å². The van der Waals surface area contributed by atoms with Crippen molar-refractivity contribution in [3.63, 3.8) is 0 Å². The Labute approximate surface area is 136 Å². The number of hydrogen-bond acceptors (Lipinski definition) is 2. The Morgan fingerprint density at radius 1 is 1.14 bits per heavy atom. The molecule has 0 aliphatic heterocycles. The fourth-order valence-corrected chi connectivity index (χ4v) is 2.68. The molecule has 0 atom stereocenters. The highest BCUT2D eigenvalue weighted by molar-refractivity contribution is 9.10. The van der Waals surface area contributed by atoms with E-state index in [-0.39, 0.29) is 0 Å². The van der Waals surface area contributed by atoms with Crippen LogP contribution in [0.15, 0.2) is 59.2 Å². The van der Waals surface area contributed by atoms with Crippen molar-refractivity contribution < 1.29 is 0 Å². The van der Waals surface area contributed by atoms with E-state index in [1.54, 1.807) is 6.20 Å². The second-order valence-electron chi connectivity index (χ2n) is 4.64. The van der Waals surface area contributed by atoms with E-state index >= 15 is 0 Å². The first-order valence-electron chi connectivity index (χ1n) is 6.50. The summed E-state index contributed by atoms with van der Waals surface area (Å²) in [7, 11) is 0. The molecule has 2 N–H and O–H groups in total. The van der Waals surface area contributed by atoms with Crippen molar-refractivity contribution in [1.82, 2.24) is 10.2 Å². The lowest BCUT2D eigenvalue weighted by Gasteiger charge is -2.10. The summed E-state index contributed by atoms with van der Waals surface area (Å²) >= 11 is 9.66. The van der Waals surface area contributed by atoms with Crippen LogP contribution in [0.2, 0.25) is 5.02 Å². The van der Waals surface area contributed by atoms with E-state index in [9.17, 15) is 0 Å². The van der Waals surface area contributed by atoms with Crippen LogP contribution < -0.4 is 5.32 Å². The monoisotopic (exact) mass is 361 g/mol. The first-order valence-corrected chi connectivity index (χ1v) is 7.67. The third-order valence-corrected chi connectivity index (χ3v) is 4.03. The van der Waals surface area contributed by atoms with E-state index in [1.165, 1.54) is 0 Å². The molecule has 1 aromatic heterocycles. The van der Waals surface area contributed by atoms with Crippen molar-refractivity contribution in [2.75, 3.05) is 5.32 Å². The highest BCUT2D eigenvalue weighted by Crippen LogP contribution is 2.24. The summed E-state index contributed by atoms with van der Waals surface area (Å²) in [6.45, 7) is 0.671. The predicted octanol–water partition coefficient (Wildman–Crippen LogP) is 5.10. The summed E-state index contributed by atoms with van der Waals surface area (Å²) in [6, 6.07) is 16.0. The topological polar surface area (TPSA) is 40.7 Å². The predicted molar refractivity (Wildman–Crippen MR) is 90.5 cm³/mol. The van der Waals surface area contributed by atoms with Gasteiger partial charge in [0.2, 0.25) is 0 Å². The molecule has 3 aromatic rings. The number of anilines is 1. The van der Waals surface area contributed by atoms with Crippen LogP contribution in [0.25, 0.3) is 11.3 Å². The molecule has 3 rings (SSSR count). The van der Waals surface area contributed by atoms with Crippen LogP contribution >= 0.6 is 27.5 Å². The maximum Gasteiger partial charge on any atom is 0.0650 e. The normalized spacial score (nSPS) is 10.6. The van der Waals surface area contributed by atoms with Gasteiger partial charge in [-0.3, -0.25) is 5.10 Å². The van der Waals surface area contributed by atoms with E-state index in [0.717, 1.165) is 32.0 Å². The van der Waals surface area contributed by atoms with Gasteiger partial charge in [0.05, 0.1) is 5.69 Å². The van der Waals surface area contributed by atoms with E-state index in [0.29, 0.717) is 6.54 Å². The van der Waals surface area contributed by atoms with Crippen molar-refractivity contribution >= 4 is 33.2 Å². The summed E-state index contributed by atoms with van der Waals surface area (Å²) in [6.07, 6.45) is 1.75. The summed E-state index contributed by atoms with van der Waals surface area (Å²) in [5.74, 6) is 0. The first-order chi connectivity index (χ1) is 10.2. The molecule has 3 nitrogen and oxygen atoms in total. The zero-order valence-corrected chi connectivity index (χ0v) is 13.4. The third-order valence-electron chi connectivity index (χ3n) is 3.17. The van der Waals surface area contributed by atoms with Crippen LogP contribution in [0.4, 0.5) is 5.69 Å². The number of aromatic amines is 1. The molecule has 1 heterocycles. The Morgan fingerprint density at radius 2 is 2.05 bits per heavy atom. The lowest BCUT2D eigenvalue weighted by Crippen LogP contribution is -2.00. The molecule has 0 spiro atoms. The molecule has 21 heavy (non-hydrogen) atoms. The number of nitrogens with zero attached hydrogens (tertiary/aromatic N) is 1. The van der Waals surface area contributed by atoms with Crippen LogP contribution in [0, 0.1) is 0 Å². The highest BCUT2D eigenvalue weighted by Gasteiger charge is 2.03. The van der Waals surface area contributed by atoms with Crippen LogP contribution in [-0.2, 0) is 6.54 Å². The third kappa shape index (κ3) is 3.46. The molecular weight excluding hydrogens is 350 g/mol. The van der Waals surface area contributed by atoms with E-state index in [4.69, 9.17) is 11.6 Å². The van der Waals surface area contributed by atoms with Gasteiger partial charge < -0.3 is 5.32 Å². The number of hydrogen-bond donors (Lipinski definition) is 2. The lowest BCUT2D eigenvalue weighted by molar-refractivity contribution is 1.09. The molecular formula is C16H13BrClN3. The van der Waals surface area contributed by atoms with Gasteiger partial charge in [-0.15, -0.1) is 0 Å². The zero-order chi connectivity index (χ0) is 14.7. The molecule has 0 saturated heterocycles. The van der Waals surface area contributed by atoms with Crippen LogP contribution in [0.1, 0.15) is 5.56 Å². The average Bonchev–Trinajstić information content (AvgIpc) is 3.03. The van der Waals surface area contributed by atoms with E-state index in [2.05, 4.69) is 37.5 Å². The smallest absolute Gasteiger partial charge is 0.0650 e. The Bertz CT molecular complexity index is 741. The van der Waals surface area contributed by atoms with Gasteiger partial charge in [-0.05, 0) is 42.0 Å². The Balaban J connectivity index is 1.76. The summed E-state index contributed by atoms with van der Waals surface area (Å²) in [5, 5.41) is 11.1. The minimum absolute atomic E-state index is 0.671. The maximum atomic E-state index is 6.20. The van der Waals surface area contributed by atoms with Gasteiger partial charge in [0.15, 0.2) is 0 Å². The largest absolute Gasteiger partial charge is 0.381 e. The second-order valence-corrected chi connectivity index (χ2v) is 5.96. The highest BCUT2D eigenvalue weighted by atomic mass is 79.9. The summed E-state index contributed by atoms with van der Waals surface area (Å²) in [5.41, 5.74) is 4.19. The Hall–Kier alpha value is -1.78. The summed E-state index contributed by atoms with van der Waals surface area (Å²) < 4.78 is 1.02. The molecule has 0 radical (unpaired) electrons. The molecule has 106 valence electrons. The fraction of sp³-hybridized carbons (Fsp3) is 0.0625. The zero-order valence-electron chi connectivity index (χ0n) is 11.1. The SMILES string of the molecule is Clc1ccc(Br)cc1CNc1cccc(-c2ccn[nH]2)c1. The second kappa shape index (κ2) is 6.33. The molecule has 0 unspecified atom stereocenters. The van der Waals surface area contributed by atoms with Crippen molar-refractivity contribution in [3.05, 3.63) is 69.8 Å². The molecule has 0 aliphatic carbocycles. The van der Waals surface area contributed by atoms with Crippen molar-refractivity contribution in [3.8, 4) is 11.3 Å².